The summed E-state index contributed by atoms with van der Waals surface area (Å²) >= 11 is 0. The number of aryl methyl sites for hydroxylation is 1. The van der Waals surface area contributed by atoms with Crippen molar-refractivity contribution in [3.05, 3.63) is 53.1 Å². The van der Waals surface area contributed by atoms with Crippen LogP contribution in [0, 0.1) is 18.3 Å². The van der Waals surface area contributed by atoms with Crippen LogP contribution in [0.15, 0.2) is 36.4 Å². The Balaban J connectivity index is 0.00000158. The van der Waals surface area contributed by atoms with Crippen molar-refractivity contribution in [2.75, 3.05) is 55.7 Å². The quantitative estimate of drug-likeness (QED) is 0.422. The van der Waals surface area contributed by atoms with Crippen molar-refractivity contribution in [3.8, 4) is 5.75 Å². The number of hydrogen-bond donors (Lipinski definition) is 0. The van der Waals surface area contributed by atoms with E-state index in [-0.39, 0.29) is 12.0 Å². The molecule has 2 aromatic rings. The summed E-state index contributed by atoms with van der Waals surface area (Å²) in [5.41, 5.74) is 5.78. The summed E-state index contributed by atoms with van der Waals surface area (Å²) in [4.78, 5) is 20.7. The molecule has 3 atom stereocenters. The molecule has 3 unspecified atom stereocenters. The fraction of sp³-hybridized carbons (Fsp3) is 0.618. The van der Waals surface area contributed by atoms with Gasteiger partial charge in [-0.25, -0.2) is 0 Å². The average molecular weight is 548 g/mol. The van der Waals surface area contributed by atoms with Gasteiger partial charge in [-0.2, -0.15) is 0 Å². The number of fused-ring (bicyclic) bond motifs is 2. The number of carbonyl (C=O) groups excluding carboxylic acids is 1. The molecule has 0 N–H and O–H groups in total. The van der Waals surface area contributed by atoms with Gasteiger partial charge in [0.25, 0.3) is 5.91 Å². The molecule has 3 saturated heterocycles. The molecule has 0 aromatic heterocycles. The number of nitrogens with zero attached hydrogens (tertiary/aromatic N) is 3. The van der Waals surface area contributed by atoms with E-state index in [1.165, 1.54) is 24.2 Å². The first-order valence-corrected chi connectivity index (χ1v) is 15.5. The van der Waals surface area contributed by atoms with E-state index in [0.29, 0.717) is 24.6 Å². The van der Waals surface area contributed by atoms with Crippen molar-refractivity contribution in [2.45, 2.75) is 79.4 Å². The molecule has 0 spiro atoms. The Kier molecular flexibility index (Phi) is 8.77. The number of rotatable bonds is 6. The normalized spacial score (nSPS) is 24.6. The van der Waals surface area contributed by atoms with Crippen molar-refractivity contribution in [1.82, 2.24) is 4.90 Å². The van der Waals surface area contributed by atoms with Gasteiger partial charge in [-0.15, -0.1) is 0 Å². The van der Waals surface area contributed by atoms with Crippen molar-refractivity contribution in [1.29, 1.82) is 0 Å². The van der Waals surface area contributed by atoms with Crippen LogP contribution >= 0.6 is 0 Å². The van der Waals surface area contributed by atoms with Crippen LogP contribution < -0.4 is 14.5 Å². The van der Waals surface area contributed by atoms with Crippen molar-refractivity contribution in [2.24, 2.45) is 11.3 Å². The summed E-state index contributed by atoms with van der Waals surface area (Å²) in [6, 6.07) is 13.1. The summed E-state index contributed by atoms with van der Waals surface area (Å²) in [6.45, 7) is 20.0. The lowest BCUT2D eigenvalue weighted by molar-refractivity contribution is 0.0679. The molecule has 2 aromatic carbocycles. The van der Waals surface area contributed by atoms with E-state index < -0.39 is 0 Å². The van der Waals surface area contributed by atoms with Gasteiger partial charge in [0.1, 0.15) is 12.4 Å². The lowest BCUT2D eigenvalue weighted by Gasteiger charge is -2.32. The Morgan fingerprint density at radius 1 is 1.02 bits per heavy atom. The number of anilines is 2. The molecule has 40 heavy (non-hydrogen) atoms. The Morgan fingerprint density at radius 2 is 1.85 bits per heavy atom. The monoisotopic (exact) mass is 547 g/mol. The molecular formula is C34H49N3O3. The molecule has 0 saturated carbocycles. The number of hydrogen-bond acceptors (Lipinski definition) is 5. The van der Waals surface area contributed by atoms with E-state index in [9.17, 15) is 4.79 Å². The van der Waals surface area contributed by atoms with E-state index in [2.05, 4.69) is 55.7 Å². The van der Waals surface area contributed by atoms with Gasteiger partial charge in [0.05, 0.1) is 6.10 Å². The molecule has 0 aliphatic carbocycles. The van der Waals surface area contributed by atoms with Gasteiger partial charge in [0.2, 0.25) is 0 Å². The fourth-order valence-corrected chi connectivity index (χ4v) is 7.04. The molecule has 4 aliphatic rings. The smallest absolute Gasteiger partial charge is 0.258 e. The molecular weight excluding hydrogens is 498 g/mol. The van der Waals surface area contributed by atoms with Crippen LogP contribution in [-0.2, 0) is 11.2 Å². The lowest BCUT2D eigenvalue weighted by atomic mass is 9.96. The summed E-state index contributed by atoms with van der Waals surface area (Å²) in [5, 5.41) is 0. The second-order valence-electron chi connectivity index (χ2n) is 13.0. The Morgan fingerprint density at radius 3 is 2.58 bits per heavy atom. The molecule has 6 nitrogen and oxygen atoms in total. The van der Waals surface area contributed by atoms with Crippen molar-refractivity contribution in [3.63, 3.8) is 0 Å². The Hall–Kier alpha value is -2.57. The molecule has 1 amide bonds. The van der Waals surface area contributed by atoms with Gasteiger partial charge in [-0.05, 0) is 91.5 Å². The predicted octanol–water partition coefficient (Wildman–Crippen LogP) is 6.34. The molecule has 6 heteroatoms. The van der Waals surface area contributed by atoms with E-state index in [0.717, 1.165) is 74.0 Å². The molecule has 3 fully saturated rings. The van der Waals surface area contributed by atoms with Crippen LogP contribution in [0.3, 0.4) is 0 Å². The zero-order valence-electron chi connectivity index (χ0n) is 25.5. The number of carbonyl (C=O) groups is 1. The highest BCUT2D eigenvalue weighted by Crippen LogP contribution is 2.39. The highest BCUT2D eigenvalue weighted by molar-refractivity contribution is 6.08. The van der Waals surface area contributed by atoms with Crippen LogP contribution in [0.1, 0.15) is 75.4 Å². The largest absolute Gasteiger partial charge is 0.491 e. The zero-order chi connectivity index (χ0) is 28.4. The molecule has 6 rings (SSSR count). The first-order valence-electron chi connectivity index (χ1n) is 15.5. The minimum atomic E-state index is 0.0823. The second kappa shape index (κ2) is 12.1. The van der Waals surface area contributed by atoms with Crippen molar-refractivity contribution >= 4 is 17.3 Å². The van der Waals surface area contributed by atoms with Gasteiger partial charge >= 0.3 is 0 Å². The molecule has 218 valence electrons. The molecule has 0 bridgehead atoms. The SMILES string of the molecule is CC.Cc1cc(N2CCc3cc(OCC4CCCO4)ccc3C2=O)ccc1N1CCC2CN(CC(C)(C)C)CC21. The van der Waals surface area contributed by atoms with Gasteiger partial charge in [-0.3, -0.25) is 4.79 Å². The minimum absolute atomic E-state index is 0.0823. The Labute approximate surface area is 241 Å². The van der Waals surface area contributed by atoms with Gasteiger partial charge < -0.3 is 24.2 Å². The van der Waals surface area contributed by atoms with E-state index >= 15 is 0 Å². The predicted molar refractivity (Wildman–Crippen MR) is 164 cm³/mol. The lowest BCUT2D eigenvalue weighted by Crippen LogP contribution is -2.38. The van der Waals surface area contributed by atoms with Gasteiger partial charge in [-0.1, -0.05) is 34.6 Å². The third-order valence-electron chi connectivity index (χ3n) is 8.74. The fourth-order valence-electron chi connectivity index (χ4n) is 7.04. The van der Waals surface area contributed by atoms with Gasteiger partial charge in [0, 0.05) is 62.3 Å². The first kappa shape index (κ1) is 28.9. The molecule has 4 heterocycles. The topological polar surface area (TPSA) is 45.3 Å². The maximum Gasteiger partial charge on any atom is 0.258 e. The minimum Gasteiger partial charge on any atom is -0.491 e. The highest BCUT2D eigenvalue weighted by Gasteiger charge is 2.42. The van der Waals surface area contributed by atoms with Crippen LogP contribution in [0.2, 0.25) is 0 Å². The number of amides is 1. The standard InChI is InChI=1S/C32H43N3O3.C2H6/c1-22-16-25(7-10-29(22)35-14-12-24-18-33(19-30(24)35)21-32(2,3)4)34-13-11-23-17-26(8-9-28(23)31(34)36)38-20-27-6-5-15-37-27;1-2/h7-10,16-17,24,27,30H,5-6,11-15,18-21H2,1-4H3;1-2H3. The Bertz CT molecular complexity index is 1180. The maximum absolute atomic E-state index is 13.5. The third kappa shape index (κ3) is 6.18. The zero-order valence-corrected chi connectivity index (χ0v) is 25.5. The summed E-state index contributed by atoms with van der Waals surface area (Å²) in [7, 11) is 0. The van der Waals surface area contributed by atoms with Crippen molar-refractivity contribution < 1.29 is 14.3 Å². The third-order valence-corrected chi connectivity index (χ3v) is 8.74. The van der Waals surface area contributed by atoms with E-state index in [4.69, 9.17) is 9.47 Å². The van der Waals surface area contributed by atoms with Crippen LogP contribution in [0.5, 0.6) is 5.75 Å². The van der Waals surface area contributed by atoms with Gasteiger partial charge in [0.15, 0.2) is 0 Å². The number of ether oxygens (including phenoxy) is 2. The van der Waals surface area contributed by atoms with Crippen LogP contribution in [0.25, 0.3) is 0 Å². The molecule has 4 aliphatic heterocycles. The number of likely N-dealkylation sites (tertiary alicyclic amines) is 1. The summed E-state index contributed by atoms with van der Waals surface area (Å²) in [5.74, 6) is 1.67. The van der Waals surface area contributed by atoms with E-state index in [1.807, 2.05) is 36.9 Å². The summed E-state index contributed by atoms with van der Waals surface area (Å²) < 4.78 is 11.7. The maximum atomic E-state index is 13.5. The van der Waals surface area contributed by atoms with Crippen LogP contribution in [-0.4, -0.2) is 68.9 Å². The highest BCUT2D eigenvalue weighted by atomic mass is 16.5. The summed E-state index contributed by atoms with van der Waals surface area (Å²) in [6.07, 6.45) is 4.46. The first-order chi connectivity index (χ1) is 19.2. The average Bonchev–Trinajstić information content (AvgIpc) is 3.66. The molecule has 0 radical (unpaired) electrons. The van der Waals surface area contributed by atoms with Crippen LogP contribution in [0.4, 0.5) is 11.4 Å². The number of benzene rings is 2. The second-order valence-corrected chi connectivity index (χ2v) is 13.0. The van der Waals surface area contributed by atoms with E-state index in [1.54, 1.807) is 0 Å².